The molecule has 0 spiro atoms. The quantitative estimate of drug-likeness (QED) is 0.383. The Morgan fingerprint density at radius 3 is 2.51 bits per heavy atom. The van der Waals surface area contributed by atoms with E-state index in [1.54, 1.807) is 18.3 Å². The molecule has 1 aliphatic rings. The molecule has 1 aliphatic carbocycles. The number of carboxylic acids is 1. The van der Waals surface area contributed by atoms with Crippen molar-refractivity contribution >= 4 is 28.9 Å². The number of aliphatic carboxylic acids is 1. The van der Waals surface area contributed by atoms with E-state index in [-0.39, 0.29) is 31.6 Å². The van der Waals surface area contributed by atoms with Crippen LogP contribution in [0.1, 0.15) is 41.9 Å². The molecule has 0 unspecified atom stereocenters. The van der Waals surface area contributed by atoms with Gasteiger partial charge in [0.15, 0.2) is 0 Å². The highest BCUT2D eigenvalue weighted by molar-refractivity contribution is 7.15. The van der Waals surface area contributed by atoms with E-state index in [0.29, 0.717) is 10.7 Å². The van der Waals surface area contributed by atoms with Crippen LogP contribution < -0.4 is 5.32 Å². The molecule has 0 bridgehead atoms. The Hall–Kier alpha value is -3.09. The van der Waals surface area contributed by atoms with Crippen LogP contribution in [0, 0.1) is 12.3 Å². The first kappa shape index (κ1) is 25.0. The molecule has 1 fully saturated rings. The van der Waals surface area contributed by atoms with Crippen molar-refractivity contribution in [2.24, 2.45) is 5.41 Å². The van der Waals surface area contributed by atoms with E-state index in [9.17, 15) is 33.3 Å². The molecule has 4 rings (SSSR count). The minimum absolute atomic E-state index is 0.125. The molecular weight excluding hydrogens is 485 g/mol. The molecule has 0 aliphatic heterocycles. The molecule has 8 nitrogen and oxygen atoms in total. The summed E-state index contributed by atoms with van der Waals surface area (Å²) in [6.45, 7) is 1.34. The summed E-state index contributed by atoms with van der Waals surface area (Å²) in [7, 11) is 0. The van der Waals surface area contributed by atoms with Crippen LogP contribution in [-0.4, -0.2) is 42.8 Å². The number of halogens is 3. The van der Waals surface area contributed by atoms with Crippen molar-refractivity contribution < 1.29 is 33.3 Å². The Kier molecular flexibility index (Phi) is 6.56. The number of hydrogen-bond donors (Lipinski definition) is 4. The van der Waals surface area contributed by atoms with Crippen LogP contribution in [0.5, 0.6) is 0 Å². The summed E-state index contributed by atoms with van der Waals surface area (Å²) < 4.78 is 38.9. The number of aliphatic hydroxyl groups is 2. The van der Waals surface area contributed by atoms with Crippen molar-refractivity contribution in [2.45, 2.75) is 44.4 Å². The number of nitrogens with one attached hydrogen (secondary N) is 1. The maximum absolute atomic E-state index is 13.0. The fraction of sp³-hybridized carbons (Fsp3) is 0.391. The summed E-state index contributed by atoms with van der Waals surface area (Å²) in [6.07, 6.45) is -1.40. The van der Waals surface area contributed by atoms with Gasteiger partial charge in [-0.2, -0.15) is 13.2 Å². The maximum atomic E-state index is 13.0. The number of benzene rings is 1. The van der Waals surface area contributed by atoms with E-state index in [0.717, 1.165) is 28.3 Å². The smallest absolute Gasteiger partial charge is 0.433 e. The van der Waals surface area contributed by atoms with Gasteiger partial charge in [0, 0.05) is 18.1 Å². The summed E-state index contributed by atoms with van der Waals surface area (Å²) in [5, 5.41) is 33.5. The highest BCUT2D eigenvalue weighted by Crippen LogP contribution is 2.47. The Balaban J connectivity index is 1.56. The van der Waals surface area contributed by atoms with E-state index in [1.165, 1.54) is 11.3 Å². The molecule has 3 aromatic rings. The minimum Gasteiger partial charge on any atom is -0.481 e. The van der Waals surface area contributed by atoms with E-state index < -0.39 is 35.5 Å². The number of aryl methyl sites for hydroxylation is 1. The van der Waals surface area contributed by atoms with Gasteiger partial charge in [-0.3, -0.25) is 4.79 Å². The second-order valence-electron chi connectivity index (χ2n) is 8.78. The van der Waals surface area contributed by atoms with Crippen LogP contribution in [-0.2, 0) is 16.6 Å². The van der Waals surface area contributed by atoms with Gasteiger partial charge >= 0.3 is 12.1 Å². The zero-order chi connectivity index (χ0) is 25.4. The van der Waals surface area contributed by atoms with Crippen LogP contribution in [0.3, 0.4) is 0 Å². The fourth-order valence-corrected chi connectivity index (χ4v) is 5.17. The number of carbonyl (C=O) groups is 1. The Bertz CT molecular complexity index is 1240. The molecule has 1 saturated carbocycles. The van der Waals surface area contributed by atoms with Gasteiger partial charge in [0.25, 0.3) is 0 Å². The molecule has 0 atom stereocenters. The summed E-state index contributed by atoms with van der Waals surface area (Å²) in [6, 6.07) is 6.13. The van der Waals surface area contributed by atoms with Crippen molar-refractivity contribution in [1.82, 2.24) is 15.0 Å². The SMILES string of the molecule is Cc1cc(Nc2nccc(C(F)(F)F)n2)cc(-c2cnc(C3(O)CCC(CO)(C(=O)O)CC3)s2)c1. The zero-order valence-electron chi connectivity index (χ0n) is 18.6. The second kappa shape index (κ2) is 9.17. The van der Waals surface area contributed by atoms with Crippen LogP contribution in [0.2, 0.25) is 0 Å². The van der Waals surface area contributed by atoms with Crippen molar-refractivity contribution in [3.63, 3.8) is 0 Å². The van der Waals surface area contributed by atoms with Gasteiger partial charge in [0.2, 0.25) is 5.95 Å². The van der Waals surface area contributed by atoms with Crippen molar-refractivity contribution in [3.05, 3.63) is 52.9 Å². The molecule has 0 radical (unpaired) electrons. The minimum atomic E-state index is -4.59. The van der Waals surface area contributed by atoms with E-state index in [1.807, 2.05) is 13.0 Å². The molecule has 35 heavy (non-hydrogen) atoms. The number of aromatic nitrogens is 3. The van der Waals surface area contributed by atoms with Crippen molar-refractivity contribution in [3.8, 4) is 10.4 Å². The average molecular weight is 509 g/mol. The van der Waals surface area contributed by atoms with Crippen molar-refractivity contribution in [1.29, 1.82) is 0 Å². The molecule has 0 saturated heterocycles. The maximum Gasteiger partial charge on any atom is 0.433 e. The molecule has 186 valence electrons. The third-order valence-electron chi connectivity index (χ3n) is 6.26. The summed E-state index contributed by atoms with van der Waals surface area (Å²) >= 11 is 1.26. The monoisotopic (exact) mass is 508 g/mol. The number of alkyl halides is 3. The van der Waals surface area contributed by atoms with Gasteiger partial charge in [-0.05, 0) is 61.9 Å². The van der Waals surface area contributed by atoms with Gasteiger partial charge in [-0.25, -0.2) is 15.0 Å². The predicted molar refractivity (Wildman–Crippen MR) is 122 cm³/mol. The van der Waals surface area contributed by atoms with Gasteiger partial charge in [0.05, 0.1) is 16.9 Å². The van der Waals surface area contributed by atoms with Gasteiger partial charge in [0.1, 0.15) is 16.3 Å². The first-order valence-electron chi connectivity index (χ1n) is 10.8. The number of thiazole rings is 1. The van der Waals surface area contributed by atoms with Gasteiger partial charge < -0.3 is 20.6 Å². The molecular formula is C23H23F3N4O4S. The lowest BCUT2D eigenvalue weighted by atomic mass is 9.69. The lowest BCUT2D eigenvalue weighted by Gasteiger charge is -2.39. The fourth-order valence-electron chi connectivity index (χ4n) is 4.12. The van der Waals surface area contributed by atoms with Gasteiger partial charge in [-0.15, -0.1) is 11.3 Å². The Labute approximate surface area is 202 Å². The van der Waals surface area contributed by atoms with Crippen LogP contribution in [0.4, 0.5) is 24.8 Å². The summed E-state index contributed by atoms with van der Waals surface area (Å²) in [5.41, 5.74) is -1.55. The number of anilines is 2. The Morgan fingerprint density at radius 2 is 1.89 bits per heavy atom. The summed E-state index contributed by atoms with van der Waals surface area (Å²) in [4.78, 5) is 24.1. The third kappa shape index (κ3) is 5.14. The number of nitrogens with zero attached hydrogens (tertiary/aromatic N) is 3. The van der Waals surface area contributed by atoms with Gasteiger partial charge in [-0.1, -0.05) is 6.07 Å². The van der Waals surface area contributed by atoms with Crippen LogP contribution in [0.25, 0.3) is 10.4 Å². The largest absolute Gasteiger partial charge is 0.481 e. The molecule has 2 heterocycles. The lowest BCUT2D eigenvalue weighted by Crippen LogP contribution is -2.43. The van der Waals surface area contributed by atoms with Crippen LogP contribution in [0.15, 0.2) is 36.7 Å². The van der Waals surface area contributed by atoms with E-state index in [2.05, 4.69) is 20.3 Å². The van der Waals surface area contributed by atoms with Crippen molar-refractivity contribution in [2.75, 3.05) is 11.9 Å². The summed E-state index contributed by atoms with van der Waals surface area (Å²) in [5.74, 6) is -1.27. The number of carboxylic acid groups (broad SMARTS) is 1. The highest BCUT2D eigenvalue weighted by Gasteiger charge is 2.48. The third-order valence-corrected chi connectivity index (χ3v) is 7.50. The number of hydrogen-bond acceptors (Lipinski definition) is 8. The molecule has 1 aromatic carbocycles. The topological polar surface area (TPSA) is 128 Å². The first-order valence-corrected chi connectivity index (χ1v) is 11.6. The average Bonchev–Trinajstić information content (AvgIpc) is 3.30. The second-order valence-corrected chi connectivity index (χ2v) is 9.81. The molecule has 0 amide bonds. The standard InChI is InChI=1S/C23H23F3N4O4S/c1-13-8-14(10-15(9-13)29-20-27-7-2-17(30-20)23(24,25)26)16-11-28-18(35-16)22(34)5-3-21(12-31,4-6-22)19(32)33/h2,7-11,31,34H,3-6,12H2,1H3,(H,32,33)(H,27,29,30). The predicted octanol–water partition coefficient (Wildman–Crippen LogP) is 4.50. The molecule has 2 aromatic heterocycles. The molecule has 4 N–H and O–H groups in total. The van der Waals surface area contributed by atoms with E-state index >= 15 is 0 Å². The van der Waals surface area contributed by atoms with Crippen LogP contribution >= 0.6 is 11.3 Å². The number of aliphatic hydroxyl groups excluding tert-OH is 1. The first-order chi connectivity index (χ1) is 16.4. The van der Waals surface area contributed by atoms with E-state index in [4.69, 9.17) is 0 Å². The normalized spacial score (nSPS) is 22.7. The highest BCUT2D eigenvalue weighted by atomic mass is 32.1. The lowest BCUT2D eigenvalue weighted by molar-refractivity contribution is -0.158. The zero-order valence-corrected chi connectivity index (χ0v) is 19.4. The number of rotatable bonds is 6. The molecule has 12 heteroatoms. The Morgan fingerprint density at radius 1 is 1.17 bits per heavy atom.